The number of hydrogen-bond acceptors (Lipinski definition) is 4. The Morgan fingerprint density at radius 2 is 1.79 bits per heavy atom. The Bertz CT molecular complexity index is 1080. The van der Waals surface area contributed by atoms with Crippen LogP contribution in [0.4, 0.5) is 19.0 Å². The van der Waals surface area contributed by atoms with E-state index in [4.69, 9.17) is 27.6 Å². The van der Waals surface area contributed by atoms with Crippen LogP contribution in [0.2, 0.25) is 10.0 Å². The Morgan fingerprint density at radius 3 is 2.45 bits per heavy atom. The number of carbonyl (C=O) groups is 1. The Labute approximate surface area is 173 Å². The molecule has 1 saturated heterocycles. The molecule has 3 aromatic rings. The fraction of sp³-hybridized carbons (Fsp3) is 0.263. The lowest BCUT2D eigenvalue weighted by atomic mass is 10.2. The van der Waals surface area contributed by atoms with Crippen molar-refractivity contribution in [3.63, 3.8) is 0 Å². The average molecular weight is 444 g/mol. The highest BCUT2D eigenvalue weighted by molar-refractivity contribution is 6.33. The highest BCUT2D eigenvalue weighted by Crippen LogP contribution is 2.34. The first-order valence-electron chi connectivity index (χ1n) is 8.68. The molecule has 1 amide bonds. The SMILES string of the molecule is O=C(c1cc2cc(Cl)ccc2o1)N1CCN(c2ncc(C(F)(F)F)cc2Cl)CC1. The van der Waals surface area contributed by atoms with Crippen molar-refractivity contribution in [2.24, 2.45) is 0 Å². The van der Waals surface area contributed by atoms with Crippen molar-refractivity contribution in [3.8, 4) is 0 Å². The third-order valence-electron chi connectivity index (χ3n) is 4.70. The number of nitrogens with zero attached hydrogens (tertiary/aromatic N) is 3. The number of pyridine rings is 1. The topological polar surface area (TPSA) is 49.6 Å². The molecule has 0 N–H and O–H groups in total. The van der Waals surface area contributed by atoms with E-state index in [1.165, 1.54) is 0 Å². The Balaban J connectivity index is 1.45. The van der Waals surface area contributed by atoms with E-state index in [0.717, 1.165) is 17.6 Å². The summed E-state index contributed by atoms with van der Waals surface area (Å²) in [5, 5.41) is 1.21. The second-order valence-corrected chi connectivity index (χ2v) is 7.44. The molecule has 1 fully saturated rings. The number of rotatable bonds is 2. The maximum atomic E-state index is 12.8. The van der Waals surface area contributed by atoms with Crippen LogP contribution in [0.15, 0.2) is 40.9 Å². The molecule has 0 spiro atoms. The van der Waals surface area contributed by atoms with E-state index >= 15 is 0 Å². The fourth-order valence-electron chi connectivity index (χ4n) is 3.22. The van der Waals surface area contributed by atoms with Gasteiger partial charge in [-0.25, -0.2) is 4.98 Å². The molecule has 1 aliphatic rings. The molecule has 0 bridgehead atoms. The molecule has 29 heavy (non-hydrogen) atoms. The molecule has 3 heterocycles. The molecule has 5 nitrogen and oxygen atoms in total. The molecule has 152 valence electrons. The number of anilines is 1. The maximum absolute atomic E-state index is 12.8. The average Bonchev–Trinajstić information content (AvgIpc) is 3.10. The van der Waals surface area contributed by atoms with E-state index in [1.54, 1.807) is 34.1 Å². The first-order valence-corrected chi connectivity index (χ1v) is 9.44. The first kappa shape index (κ1) is 19.8. The van der Waals surface area contributed by atoms with Crippen LogP contribution in [0, 0.1) is 0 Å². The number of fused-ring (bicyclic) bond motifs is 1. The minimum Gasteiger partial charge on any atom is -0.451 e. The summed E-state index contributed by atoms with van der Waals surface area (Å²) < 4.78 is 43.9. The summed E-state index contributed by atoms with van der Waals surface area (Å²) in [6, 6.07) is 7.60. The number of carbonyl (C=O) groups excluding carboxylic acids is 1. The van der Waals surface area contributed by atoms with Crippen molar-refractivity contribution < 1.29 is 22.4 Å². The quantitative estimate of drug-likeness (QED) is 0.551. The minimum absolute atomic E-state index is 0.0752. The molecular weight excluding hydrogens is 430 g/mol. The summed E-state index contributed by atoms with van der Waals surface area (Å²) in [6.45, 7) is 1.48. The number of hydrogen-bond donors (Lipinski definition) is 0. The molecule has 10 heteroatoms. The third kappa shape index (κ3) is 4.00. The molecule has 0 saturated carbocycles. The fourth-order valence-corrected chi connectivity index (χ4v) is 3.68. The van der Waals surface area contributed by atoms with Gasteiger partial charge in [-0.3, -0.25) is 4.79 Å². The lowest BCUT2D eigenvalue weighted by Crippen LogP contribution is -2.49. The summed E-state index contributed by atoms with van der Waals surface area (Å²) in [7, 11) is 0. The lowest BCUT2D eigenvalue weighted by Gasteiger charge is -2.35. The van der Waals surface area contributed by atoms with Gasteiger partial charge in [0.1, 0.15) is 11.4 Å². The van der Waals surface area contributed by atoms with Crippen LogP contribution in [-0.2, 0) is 6.18 Å². The van der Waals surface area contributed by atoms with E-state index in [1.807, 2.05) is 0 Å². The van der Waals surface area contributed by atoms with Crippen molar-refractivity contribution in [2.75, 3.05) is 31.1 Å². The van der Waals surface area contributed by atoms with Gasteiger partial charge in [0.2, 0.25) is 0 Å². The summed E-state index contributed by atoms with van der Waals surface area (Å²) >= 11 is 12.0. The van der Waals surface area contributed by atoms with Gasteiger partial charge in [0.25, 0.3) is 5.91 Å². The summed E-state index contributed by atoms with van der Waals surface area (Å²) in [6.07, 6.45) is -3.74. The number of halogens is 5. The number of alkyl halides is 3. The van der Waals surface area contributed by atoms with Crippen molar-refractivity contribution in [1.29, 1.82) is 0 Å². The monoisotopic (exact) mass is 443 g/mol. The van der Waals surface area contributed by atoms with Crippen LogP contribution >= 0.6 is 23.2 Å². The van der Waals surface area contributed by atoms with Gasteiger partial charge in [-0.1, -0.05) is 23.2 Å². The van der Waals surface area contributed by atoms with Gasteiger partial charge in [-0.2, -0.15) is 13.2 Å². The molecule has 4 rings (SSSR count). The number of furan rings is 1. The second-order valence-electron chi connectivity index (χ2n) is 6.60. The summed E-state index contributed by atoms with van der Waals surface area (Å²) in [5.74, 6) is 0.218. The van der Waals surface area contributed by atoms with Crippen LogP contribution in [0.1, 0.15) is 16.1 Å². The van der Waals surface area contributed by atoms with Crippen LogP contribution in [-0.4, -0.2) is 42.0 Å². The molecule has 0 radical (unpaired) electrons. The smallest absolute Gasteiger partial charge is 0.417 e. The first-order chi connectivity index (χ1) is 13.7. The van der Waals surface area contributed by atoms with Crippen LogP contribution in [0.3, 0.4) is 0 Å². The third-order valence-corrected chi connectivity index (χ3v) is 5.22. The molecule has 0 unspecified atom stereocenters. The molecule has 0 atom stereocenters. The molecular formula is C19H14Cl2F3N3O2. The van der Waals surface area contributed by atoms with Crippen LogP contribution in [0.5, 0.6) is 0 Å². The van der Waals surface area contributed by atoms with Crippen LogP contribution in [0.25, 0.3) is 11.0 Å². The Morgan fingerprint density at radius 1 is 1.07 bits per heavy atom. The second kappa shape index (κ2) is 7.42. The van der Waals surface area contributed by atoms with Crippen molar-refractivity contribution in [3.05, 3.63) is 57.9 Å². The van der Waals surface area contributed by atoms with Gasteiger partial charge < -0.3 is 14.2 Å². The van der Waals surface area contributed by atoms with Gasteiger partial charge >= 0.3 is 6.18 Å². The molecule has 0 aliphatic carbocycles. The van der Waals surface area contributed by atoms with Gasteiger partial charge in [0.15, 0.2) is 5.76 Å². The maximum Gasteiger partial charge on any atom is 0.417 e. The summed E-state index contributed by atoms with van der Waals surface area (Å²) in [4.78, 5) is 20.0. The van der Waals surface area contributed by atoms with Crippen molar-refractivity contribution >= 4 is 45.9 Å². The van der Waals surface area contributed by atoms with Gasteiger partial charge in [-0.05, 0) is 30.3 Å². The van der Waals surface area contributed by atoms with Gasteiger partial charge in [-0.15, -0.1) is 0 Å². The zero-order valence-corrected chi connectivity index (χ0v) is 16.4. The van der Waals surface area contributed by atoms with E-state index in [-0.39, 0.29) is 22.5 Å². The molecule has 1 aliphatic heterocycles. The largest absolute Gasteiger partial charge is 0.451 e. The highest BCUT2D eigenvalue weighted by Gasteiger charge is 2.32. The zero-order valence-electron chi connectivity index (χ0n) is 14.8. The number of benzene rings is 1. The molecule has 2 aromatic heterocycles. The van der Waals surface area contributed by atoms with Gasteiger partial charge in [0.05, 0.1) is 10.6 Å². The van der Waals surface area contributed by atoms with Crippen LogP contribution < -0.4 is 4.90 Å². The van der Waals surface area contributed by atoms with Crippen molar-refractivity contribution in [2.45, 2.75) is 6.18 Å². The zero-order chi connectivity index (χ0) is 20.8. The normalized spacial score (nSPS) is 15.2. The highest BCUT2D eigenvalue weighted by atomic mass is 35.5. The predicted octanol–water partition coefficient (Wildman–Crippen LogP) is 5.12. The molecule has 1 aromatic carbocycles. The van der Waals surface area contributed by atoms with Crippen molar-refractivity contribution in [1.82, 2.24) is 9.88 Å². The number of piperazine rings is 1. The predicted molar refractivity (Wildman–Crippen MR) is 104 cm³/mol. The minimum atomic E-state index is -4.50. The lowest BCUT2D eigenvalue weighted by molar-refractivity contribution is -0.137. The van der Waals surface area contributed by atoms with E-state index in [0.29, 0.717) is 36.8 Å². The van der Waals surface area contributed by atoms with E-state index < -0.39 is 11.7 Å². The number of amides is 1. The van der Waals surface area contributed by atoms with Gasteiger partial charge in [0, 0.05) is 42.8 Å². The van der Waals surface area contributed by atoms with E-state index in [2.05, 4.69) is 4.98 Å². The Hall–Kier alpha value is -2.45. The van der Waals surface area contributed by atoms with E-state index in [9.17, 15) is 18.0 Å². The summed E-state index contributed by atoms with van der Waals surface area (Å²) in [5.41, 5.74) is -0.331. The standard InChI is InChI=1S/C19H14Cl2F3N3O2/c20-13-1-2-15-11(7-13)8-16(29-15)18(28)27-5-3-26(4-6-27)17-14(21)9-12(10-25-17)19(22,23)24/h1-2,7-10H,3-6H2. The number of aromatic nitrogens is 1. The Kier molecular flexibility index (Phi) is 5.08.